The molecular weight excluding hydrogens is 224 g/mol. The van der Waals surface area contributed by atoms with Gasteiger partial charge in [-0.15, -0.1) is 0 Å². The Labute approximate surface area is 107 Å². The number of aromatic nitrogens is 2. The first-order valence-electron chi connectivity index (χ1n) is 6.34. The third-order valence-corrected chi connectivity index (χ3v) is 3.64. The molecule has 1 aliphatic rings. The van der Waals surface area contributed by atoms with Crippen molar-refractivity contribution >= 4 is 11.4 Å². The van der Waals surface area contributed by atoms with Crippen LogP contribution in [-0.2, 0) is 20.0 Å². The number of benzene rings is 1. The normalized spacial score (nSPS) is 14.6. The maximum absolute atomic E-state index is 6.06. The van der Waals surface area contributed by atoms with Crippen LogP contribution in [0.4, 0.5) is 11.4 Å². The van der Waals surface area contributed by atoms with Gasteiger partial charge >= 0.3 is 0 Å². The summed E-state index contributed by atoms with van der Waals surface area (Å²) in [5.74, 6) is 1.09. The number of nitrogens with zero attached hydrogens (tertiary/aromatic N) is 3. The lowest BCUT2D eigenvalue weighted by Crippen LogP contribution is -2.30. The van der Waals surface area contributed by atoms with Gasteiger partial charge in [0.1, 0.15) is 5.82 Å². The highest BCUT2D eigenvalue weighted by Crippen LogP contribution is 2.31. The average molecular weight is 242 g/mol. The maximum atomic E-state index is 6.06. The summed E-state index contributed by atoms with van der Waals surface area (Å²) >= 11 is 0. The van der Waals surface area contributed by atoms with E-state index in [1.165, 1.54) is 11.3 Å². The summed E-state index contributed by atoms with van der Waals surface area (Å²) in [6.07, 6.45) is 6.07. The topological polar surface area (TPSA) is 47.1 Å². The first-order valence-corrected chi connectivity index (χ1v) is 6.34. The molecule has 94 valence electrons. The summed E-state index contributed by atoms with van der Waals surface area (Å²) in [5.41, 5.74) is 9.53. The van der Waals surface area contributed by atoms with E-state index in [0.717, 1.165) is 37.4 Å². The van der Waals surface area contributed by atoms with E-state index < -0.39 is 0 Å². The van der Waals surface area contributed by atoms with Gasteiger partial charge in [0.2, 0.25) is 0 Å². The molecule has 0 atom stereocenters. The van der Waals surface area contributed by atoms with Crippen LogP contribution in [0, 0.1) is 0 Å². The molecule has 1 aromatic heterocycles. The van der Waals surface area contributed by atoms with Crippen LogP contribution in [0.3, 0.4) is 0 Å². The number of imidazole rings is 1. The van der Waals surface area contributed by atoms with Crippen LogP contribution in [0.1, 0.15) is 17.8 Å². The molecule has 0 saturated heterocycles. The molecule has 0 saturated carbocycles. The summed E-state index contributed by atoms with van der Waals surface area (Å²) in [7, 11) is 2.03. The highest BCUT2D eigenvalue weighted by atomic mass is 15.2. The fourth-order valence-electron chi connectivity index (χ4n) is 2.61. The van der Waals surface area contributed by atoms with E-state index in [0.29, 0.717) is 0 Å². The number of fused-ring (bicyclic) bond motifs is 1. The van der Waals surface area contributed by atoms with Gasteiger partial charge in [-0.3, -0.25) is 0 Å². The molecule has 2 N–H and O–H groups in total. The molecule has 0 aliphatic carbocycles. The number of rotatable bonds is 2. The lowest BCUT2D eigenvalue weighted by Gasteiger charge is -2.31. The molecule has 2 aromatic rings. The Morgan fingerprint density at radius 2 is 2.28 bits per heavy atom. The van der Waals surface area contributed by atoms with E-state index in [-0.39, 0.29) is 0 Å². The molecule has 0 fully saturated rings. The van der Waals surface area contributed by atoms with Crippen molar-refractivity contribution in [3.8, 4) is 0 Å². The molecule has 0 amide bonds. The molecule has 0 spiro atoms. The first-order chi connectivity index (χ1) is 8.75. The summed E-state index contributed by atoms with van der Waals surface area (Å²) in [4.78, 5) is 6.77. The smallest absolute Gasteiger partial charge is 0.127 e. The highest BCUT2D eigenvalue weighted by molar-refractivity contribution is 5.66. The fraction of sp³-hybridized carbons (Fsp3) is 0.357. The van der Waals surface area contributed by atoms with Gasteiger partial charge in [0, 0.05) is 37.4 Å². The number of hydrogen-bond acceptors (Lipinski definition) is 3. The van der Waals surface area contributed by atoms with E-state index in [1.54, 1.807) is 0 Å². The minimum Gasteiger partial charge on any atom is -0.398 e. The first kappa shape index (κ1) is 11.1. The molecule has 4 heteroatoms. The fourth-order valence-corrected chi connectivity index (χ4v) is 2.61. The lowest BCUT2D eigenvalue weighted by atomic mass is 10.00. The largest absolute Gasteiger partial charge is 0.398 e. The minimum atomic E-state index is 0.847. The molecule has 4 nitrogen and oxygen atoms in total. The third kappa shape index (κ3) is 1.83. The van der Waals surface area contributed by atoms with Gasteiger partial charge in [-0.1, -0.05) is 6.07 Å². The second-order valence-electron chi connectivity index (χ2n) is 4.82. The van der Waals surface area contributed by atoms with Gasteiger partial charge < -0.3 is 15.2 Å². The van der Waals surface area contributed by atoms with Gasteiger partial charge in [0.15, 0.2) is 0 Å². The SMILES string of the molecule is Cn1ccnc1CN1CCCc2c(N)cccc21. The Balaban J connectivity index is 1.92. The van der Waals surface area contributed by atoms with Crippen molar-refractivity contribution in [3.05, 3.63) is 42.0 Å². The number of nitrogen functional groups attached to an aromatic ring is 1. The number of nitrogens with two attached hydrogens (primary N) is 1. The zero-order chi connectivity index (χ0) is 12.5. The Hall–Kier alpha value is -1.97. The van der Waals surface area contributed by atoms with Crippen LogP contribution in [-0.4, -0.2) is 16.1 Å². The predicted molar refractivity (Wildman–Crippen MR) is 73.4 cm³/mol. The van der Waals surface area contributed by atoms with Crippen LogP contribution in [0.2, 0.25) is 0 Å². The molecule has 1 aliphatic heterocycles. The highest BCUT2D eigenvalue weighted by Gasteiger charge is 2.19. The zero-order valence-corrected chi connectivity index (χ0v) is 10.6. The molecule has 0 unspecified atom stereocenters. The molecule has 3 rings (SSSR count). The molecule has 2 heterocycles. The van der Waals surface area contributed by atoms with Gasteiger partial charge in [0.05, 0.1) is 6.54 Å². The van der Waals surface area contributed by atoms with Crippen LogP contribution in [0.25, 0.3) is 0 Å². The summed E-state index contributed by atoms with van der Waals surface area (Å²) in [6.45, 7) is 1.92. The van der Waals surface area contributed by atoms with E-state index in [1.807, 2.05) is 31.6 Å². The van der Waals surface area contributed by atoms with Crippen LogP contribution in [0.5, 0.6) is 0 Å². The van der Waals surface area contributed by atoms with E-state index >= 15 is 0 Å². The van der Waals surface area contributed by atoms with Gasteiger partial charge in [-0.2, -0.15) is 0 Å². The molecule has 0 bridgehead atoms. The Bertz CT molecular complexity index is 559. The number of anilines is 2. The van der Waals surface area contributed by atoms with Crippen molar-refractivity contribution in [2.75, 3.05) is 17.2 Å². The van der Waals surface area contributed by atoms with E-state index in [4.69, 9.17) is 5.73 Å². The summed E-state index contributed by atoms with van der Waals surface area (Å²) in [6, 6.07) is 6.18. The standard InChI is InChI=1S/C14H18N4/c1-17-9-7-16-14(17)10-18-8-3-4-11-12(15)5-2-6-13(11)18/h2,5-7,9H,3-4,8,10,15H2,1H3. The monoisotopic (exact) mass is 242 g/mol. The van der Waals surface area contributed by atoms with E-state index in [2.05, 4.69) is 20.5 Å². The van der Waals surface area contributed by atoms with Crippen molar-refractivity contribution in [3.63, 3.8) is 0 Å². The molecule has 1 aromatic carbocycles. The van der Waals surface area contributed by atoms with Crippen molar-refractivity contribution in [1.29, 1.82) is 0 Å². The van der Waals surface area contributed by atoms with Crippen LogP contribution < -0.4 is 10.6 Å². The molecule has 0 radical (unpaired) electrons. The van der Waals surface area contributed by atoms with Crippen LogP contribution in [0.15, 0.2) is 30.6 Å². The predicted octanol–water partition coefficient (Wildman–Crippen LogP) is 1.96. The summed E-state index contributed by atoms with van der Waals surface area (Å²) in [5, 5.41) is 0. The third-order valence-electron chi connectivity index (χ3n) is 3.64. The Morgan fingerprint density at radius 3 is 3.06 bits per heavy atom. The Kier molecular flexibility index (Phi) is 2.70. The van der Waals surface area contributed by atoms with Crippen molar-refractivity contribution in [1.82, 2.24) is 9.55 Å². The lowest BCUT2D eigenvalue weighted by molar-refractivity contribution is 0.658. The van der Waals surface area contributed by atoms with Gasteiger partial charge in [0.25, 0.3) is 0 Å². The molecule has 18 heavy (non-hydrogen) atoms. The quantitative estimate of drug-likeness (QED) is 0.819. The van der Waals surface area contributed by atoms with Crippen molar-refractivity contribution < 1.29 is 0 Å². The van der Waals surface area contributed by atoms with Crippen molar-refractivity contribution in [2.24, 2.45) is 7.05 Å². The number of aryl methyl sites for hydroxylation is 1. The van der Waals surface area contributed by atoms with Crippen molar-refractivity contribution in [2.45, 2.75) is 19.4 Å². The van der Waals surface area contributed by atoms with E-state index in [9.17, 15) is 0 Å². The minimum absolute atomic E-state index is 0.847. The zero-order valence-electron chi connectivity index (χ0n) is 10.6. The average Bonchev–Trinajstić information content (AvgIpc) is 2.77. The summed E-state index contributed by atoms with van der Waals surface area (Å²) < 4.78 is 2.07. The van der Waals surface area contributed by atoms with Crippen LogP contribution >= 0.6 is 0 Å². The maximum Gasteiger partial charge on any atom is 0.127 e. The second-order valence-corrected chi connectivity index (χ2v) is 4.82. The number of hydrogen-bond donors (Lipinski definition) is 1. The second kappa shape index (κ2) is 4.37. The Morgan fingerprint density at radius 1 is 1.39 bits per heavy atom. The van der Waals surface area contributed by atoms with Gasteiger partial charge in [-0.25, -0.2) is 4.98 Å². The molecular formula is C14H18N4. The van der Waals surface area contributed by atoms with Gasteiger partial charge in [-0.05, 0) is 30.5 Å².